The summed E-state index contributed by atoms with van der Waals surface area (Å²) < 4.78 is 7.61. The van der Waals surface area contributed by atoms with Crippen LogP contribution in [-0.4, -0.2) is 27.2 Å². The molecule has 0 aliphatic rings. The van der Waals surface area contributed by atoms with Crippen LogP contribution in [0.4, 0.5) is 0 Å². The predicted molar refractivity (Wildman–Crippen MR) is 64.3 cm³/mol. The molecule has 1 atom stereocenters. The van der Waals surface area contributed by atoms with Crippen molar-refractivity contribution in [1.29, 1.82) is 0 Å². The minimum atomic E-state index is -0.335. The SMILES string of the molecule is CCOC(=O)C(Br)Cn1cc(I)cn1. The van der Waals surface area contributed by atoms with Crippen molar-refractivity contribution in [3.63, 3.8) is 0 Å². The van der Waals surface area contributed by atoms with Crippen molar-refractivity contribution in [3.05, 3.63) is 16.0 Å². The van der Waals surface area contributed by atoms with Gasteiger partial charge in [0.15, 0.2) is 0 Å². The van der Waals surface area contributed by atoms with Gasteiger partial charge in [-0.05, 0) is 29.5 Å². The molecule has 6 heteroatoms. The first-order valence-electron chi connectivity index (χ1n) is 4.12. The van der Waals surface area contributed by atoms with Gasteiger partial charge in [0, 0.05) is 6.20 Å². The van der Waals surface area contributed by atoms with Gasteiger partial charge in [0.2, 0.25) is 0 Å². The van der Waals surface area contributed by atoms with E-state index in [1.54, 1.807) is 17.8 Å². The molecule has 0 N–H and O–H groups in total. The van der Waals surface area contributed by atoms with E-state index >= 15 is 0 Å². The highest BCUT2D eigenvalue weighted by atomic mass is 127. The molecule has 0 radical (unpaired) electrons. The van der Waals surface area contributed by atoms with Crippen LogP contribution >= 0.6 is 38.5 Å². The van der Waals surface area contributed by atoms with Crippen molar-refractivity contribution in [2.24, 2.45) is 0 Å². The van der Waals surface area contributed by atoms with E-state index < -0.39 is 0 Å². The monoisotopic (exact) mass is 372 g/mol. The smallest absolute Gasteiger partial charge is 0.321 e. The number of esters is 1. The number of carbonyl (C=O) groups is 1. The van der Waals surface area contributed by atoms with Gasteiger partial charge in [0.1, 0.15) is 4.83 Å². The molecule has 1 rings (SSSR count). The zero-order valence-electron chi connectivity index (χ0n) is 7.61. The standard InChI is InChI=1S/C8H10BrIN2O2/c1-2-14-8(13)7(9)5-12-4-6(10)3-11-12/h3-4,7H,2,5H2,1H3. The van der Waals surface area contributed by atoms with Crippen LogP contribution in [-0.2, 0) is 16.1 Å². The summed E-state index contributed by atoms with van der Waals surface area (Å²) in [4.78, 5) is 10.9. The summed E-state index contributed by atoms with van der Waals surface area (Å²) >= 11 is 5.42. The highest BCUT2D eigenvalue weighted by molar-refractivity contribution is 14.1. The van der Waals surface area contributed by atoms with Crippen LogP contribution in [0.15, 0.2) is 12.4 Å². The molecule has 1 aromatic heterocycles. The number of nitrogens with zero attached hydrogens (tertiary/aromatic N) is 2. The van der Waals surface area contributed by atoms with Crippen LogP contribution in [0, 0.1) is 3.57 Å². The molecule has 0 spiro atoms. The summed E-state index contributed by atoms with van der Waals surface area (Å²) in [6.45, 7) is 2.67. The largest absolute Gasteiger partial charge is 0.465 e. The van der Waals surface area contributed by atoms with Gasteiger partial charge in [-0.15, -0.1) is 0 Å². The van der Waals surface area contributed by atoms with Crippen molar-refractivity contribution in [1.82, 2.24) is 9.78 Å². The first-order chi connectivity index (χ1) is 6.63. The van der Waals surface area contributed by atoms with E-state index in [4.69, 9.17) is 4.74 Å². The topological polar surface area (TPSA) is 44.1 Å². The number of halogens is 2. The lowest BCUT2D eigenvalue weighted by molar-refractivity contribution is -0.142. The maximum absolute atomic E-state index is 11.2. The Morgan fingerprint density at radius 1 is 1.86 bits per heavy atom. The average Bonchev–Trinajstić information content (AvgIpc) is 2.51. The second-order valence-electron chi connectivity index (χ2n) is 2.60. The molecule has 0 fully saturated rings. The minimum absolute atomic E-state index is 0.252. The van der Waals surface area contributed by atoms with Crippen molar-refractivity contribution in [3.8, 4) is 0 Å². The summed E-state index contributed by atoms with van der Waals surface area (Å²) in [6.07, 6.45) is 3.61. The molecule has 0 aliphatic heterocycles. The van der Waals surface area contributed by atoms with Gasteiger partial charge < -0.3 is 4.74 Å². The van der Waals surface area contributed by atoms with E-state index in [9.17, 15) is 4.79 Å². The number of alkyl halides is 1. The highest BCUT2D eigenvalue weighted by Crippen LogP contribution is 2.08. The van der Waals surface area contributed by atoms with Gasteiger partial charge in [-0.25, -0.2) is 0 Å². The fourth-order valence-corrected chi connectivity index (χ4v) is 1.78. The Labute approximate surface area is 104 Å². The van der Waals surface area contributed by atoms with Gasteiger partial charge in [0.25, 0.3) is 0 Å². The number of hydrogen-bond donors (Lipinski definition) is 0. The Morgan fingerprint density at radius 3 is 3.07 bits per heavy atom. The summed E-state index contributed by atoms with van der Waals surface area (Å²) in [6, 6.07) is 0. The van der Waals surface area contributed by atoms with Crippen molar-refractivity contribution < 1.29 is 9.53 Å². The lowest BCUT2D eigenvalue weighted by Crippen LogP contribution is -2.22. The molecular weight excluding hydrogens is 363 g/mol. The predicted octanol–water partition coefficient (Wildman–Crippen LogP) is 1.81. The van der Waals surface area contributed by atoms with Gasteiger partial charge >= 0.3 is 5.97 Å². The third-order valence-corrected chi connectivity index (χ3v) is 2.71. The lowest BCUT2D eigenvalue weighted by atomic mass is 10.4. The molecule has 0 aromatic carbocycles. The number of rotatable bonds is 4. The molecule has 1 heterocycles. The number of carbonyl (C=O) groups excluding carboxylic acids is 1. The first kappa shape index (κ1) is 12.0. The zero-order valence-corrected chi connectivity index (χ0v) is 11.4. The summed E-state index contributed by atoms with van der Waals surface area (Å²) in [5, 5.41) is 4.07. The quantitative estimate of drug-likeness (QED) is 0.460. The van der Waals surface area contributed by atoms with Crippen molar-refractivity contribution in [2.45, 2.75) is 18.3 Å². The number of ether oxygens (including phenoxy) is 1. The number of aromatic nitrogens is 2. The molecule has 0 amide bonds. The van der Waals surface area contributed by atoms with Crippen LogP contribution in [0.1, 0.15) is 6.92 Å². The Kier molecular flexibility index (Phi) is 4.86. The second-order valence-corrected chi connectivity index (χ2v) is 4.95. The molecule has 14 heavy (non-hydrogen) atoms. The van der Waals surface area contributed by atoms with Gasteiger partial charge in [-0.3, -0.25) is 9.48 Å². The molecule has 0 saturated heterocycles. The zero-order chi connectivity index (χ0) is 10.6. The third-order valence-electron chi connectivity index (χ3n) is 1.49. The van der Waals surface area contributed by atoms with Gasteiger partial charge in [0.05, 0.1) is 22.9 Å². The Hall–Kier alpha value is -0.110. The molecule has 0 aliphatic carbocycles. The molecule has 78 valence electrons. The molecule has 4 nitrogen and oxygen atoms in total. The molecule has 1 aromatic rings. The van der Waals surface area contributed by atoms with Crippen molar-refractivity contribution >= 4 is 44.5 Å². The van der Waals surface area contributed by atoms with Crippen LogP contribution in [0.2, 0.25) is 0 Å². The first-order valence-corrected chi connectivity index (χ1v) is 6.11. The molecule has 0 saturated carbocycles. The fraction of sp³-hybridized carbons (Fsp3) is 0.500. The van der Waals surface area contributed by atoms with Crippen LogP contribution < -0.4 is 0 Å². The van der Waals surface area contributed by atoms with E-state index in [-0.39, 0.29) is 10.8 Å². The van der Waals surface area contributed by atoms with E-state index in [2.05, 4.69) is 43.6 Å². The maximum Gasteiger partial charge on any atom is 0.321 e. The van der Waals surface area contributed by atoms with Crippen LogP contribution in [0.25, 0.3) is 0 Å². The second kappa shape index (κ2) is 5.69. The van der Waals surface area contributed by atoms with E-state index in [0.717, 1.165) is 3.57 Å². The normalized spacial score (nSPS) is 12.5. The summed E-state index contributed by atoms with van der Waals surface area (Å²) in [7, 11) is 0. The van der Waals surface area contributed by atoms with Crippen LogP contribution in [0.5, 0.6) is 0 Å². The third kappa shape index (κ3) is 3.56. The molecular formula is C8H10BrIN2O2. The highest BCUT2D eigenvalue weighted by Gasteiger charge is 2.16. The molecule has 0 bridgehead atoms. The lowest BCUT2D eigenvalue weighted by Gasteiger charge is -2.08. The Morgan fingerprint density at radius 2 is 2.57 bits per heavy atom. The average molecular weight is 373 g/mol. The number of hydrogen-bond acceptors (Lipinski definition) is 3. The van der Waals surface area contributed by atoms with Gasteiger partial charge in [-0.1, -0.05) is 15.9 Å². The minimum Gasteiger partial charge on any atom is -0.465 e. The Bertz CT molecular complexity index is 316. The summed E-state index contributed by atoms with van der Waals surface area (Å²) in [5.74, 6) is -0.252. The fourth-order valence-electron chi connectivity index (χ4n) is 0.910. The van der Waals surface area contributed by atoms with E-state index in [1.807, 2.05) is 6.20 Å². The van der Waals surface area contributed by atoms with Gasteiger partial charge in [-0.2, -0.15) is 5.10 Å². The van der Waals surface area contributed by atoms with E-state index in [0.29, 0.717) is 13.2 Å². The Balaban J connectivity index is 2.48. The van der Waals surface area contributed by atoms with E-state index in [1.165, 1.54) is 0 Å². The maximum atomic E-state index is 11.2. The molecule has 1 unspecified atom stereocenters. The van der Waals surface area contributed by atoms with Crippen molar-refractivity contribution in [2.75, 3.05) is 6.61 Å². The van der Waals surface area contributed by atoms with Crippen LogP contribution in [0.3, 0.4) is 0 Å². The summed E-state index contributed by atoms with van der Waals surface area (Å²) in [5.41, 5.74) is 0.